The molecule has 1 saturated carbocycles. The van der Waals surface area contributed by atoms with Crippen LogP contribution in [0.25, 0.3) is 0 Å². The second-order valence-electron chi connectivity index (χ2n) is 3.23. The molecule has 0 saturated heterocycles. The zero-order chi connectivity index (χ0) is 10.2. The van der Waals surface area contributed by atoms with Crippen molar-refractivity contribution in [1.29, 1.82) is 0 Å². The van der Waals surface area contributed by atoms with Gasteiger partial charge in [-0.3, -0.25) is 0 Å². The van der Waals surface area contributed by atoms with Crippen molar-refractivity contribution in [3.63, 3.8) is 0 Å². The molecule has 0 amide bonds. The van der Waals surface area contributed by atoms with E-state index in [4.69, 9.17) is 4.74 Å². The van der Waals surface area contributed by atoms with Crippen molar-refractivity contribution in [1.82, 2.24) is 0 Å². The molecule has 1 aromatic carbocycles. The van der Waals surface area contributed by atoms with Gasteiger partial charge in [0.2, 0.25) is 0 Å². The molecule has 1 aliphatic rings. The normalized spacial score (nSPS) is 16.6. The third kappa shape index (κ3) is 2.23. The molecule has 0 unspecified atom stereocenters. The fourth-order valence-corrected chi connectivity index (χ4v) is 1.58. The first-order valence-electron chi connectivity index (χ1n) is 4.27. The minimum Gasteiger partial charge on any atom is -0.490 e. The Bertz CT molecular complexity index is 437. The Kier molecular flexibility index (Phi) is 2.19. The lowest BCUT2D eigenvalue weighted by molar-refractivity contribution is 0.302. The van der Waals surface area contributed by atoms with Crippen molar-refractivity contribution >= 4 is 10.2 Å². The van der Waals surface area contributed by atoms with E-state index in [0.29, 0.717) is 5.75 Å². The van der Waals surface area contributed by atoms with E-state index in [1.807, 2.05) is 0 Å². The van der Waals surface area contributed by atoms with Crippen molar-refractivity contribution < 1.29 is 17.0 Å². The van der Waals surface area contributed by atoms with Gasteiger partial charge in [-0.05, 0) is 25.0 Å². The number of hydrogen-bond donors (Lipinski definition) is 0. The van der Waals surface area contributed by atoms with E-state index in [-0.39, 0.29) is 11.0 Å². The molecule has 0 N–H and O–H groups in total. The minimum absolute atomic E-state index is 0.174. The van der Waals surface area contributed by atoms with E-state index < -0.39 is 10.2 Å². The summed E-state index contributed by atoms with van der Waals surface area (Å²) in [4.78, 5) is -0.351. The molecule has 0 heterocycles. The van der Waals surface area contributed by atoms with Crippen LogP contribution in [0.4, 0.5) is 3.89 Å². The lowest BCUT2D eigenvalue weighted by Crippen LogP contribution is -1.97. The summed E-state index contributed by atoms with van der Waals surface area (Å²) in [6, 6.07) is 5.49. The predicted octanol–water partition coefficient (Wildman–Crippen LogP) is 1.89. The molecule has 0 spiro atoms. The second-order valence-corrected chi connectivity index (χ2v) is 4.58. The largest absolute Gasteiger partial charge is 0.490 e. The molecule has 0 radical (unpaired) electrons. The first-order valence-corrected chi connectivity index (χ1v) is 5.65. The smallest absolute Gasteiger partial charge is 0.332 e. The monoisotopic (exact) mass is 216 g/mol. The lowest BCUT2D eigenvalue weighted by Gasteiger charge is -2.04. The van der Waals surface area contributed by atoms with Gasteiger partial charge in [-0.15, -0.1) is 3.89 Å². The van der Waals surface area contributed by atoms with E-state index >= 15 is 0 Å². The van der Waals surface area contributed by atoms with Gasteiger partial charge in [0.05, 0.1) is 6.10 Å². The van der Waals surface area contributed by atoms with Crippen LogP contribution in [0.2, 0.25) is 0 Å². The topological polar surface area (TPSA) is 43.4 Å². The highest BCUT2D eigenvalue weighted by Crippen LogP contribution is 2.28. The van der Waals surface area contributed by atoms with Gasteiger partial charge in [-0.2, -0.15) is 8.42 Å². The van der Waals surface area contributed by atoms with E-state index in [1.165, 1.54) is 18.2 Å². The number of benzene rings is 1. The molecule has 0 aliphatic heterocycles. The standard InChI is InChI=1S/C9H9FO3S/c10-14(11,12)9-3-1-2-8(6-9)13-7-4-5-7/h1-3,6-7H,4-5H2. The summed E-state index contributed by atoms with van der Waals surface area (Å²) in [7, 11) is -4.62. The second kappa shape index (κ2) is 3.24. The van der Waals surface area contributed by atoms with Crippen LogP contribution in [0.1, 0.15) is 12.8 Å². The van der Waals surface area contributed by atoms with Gasteiger partial charge in [0.1, 0.15) is 10.6 Å². The average molecular weight is 216 g/mol. The van der Waals surface area contributed by atoms with Crippen molar-refractivity contribution in [3.8, 4) is 5.75 Å². The lowest BCUT2D eigenvalue weighted by atomic mass is 10.3. The van der Waals surface area contributed by atoms with Crippen molar-refractivity contribution in [3.05, 3.63) is 24.3 Å². The fraction of sp³-hybridized carbons (Fsp3) is 0.333. The third-order valence-electron chi connectivity index (χ3n) is 1.91. The van der Waals surface area contributed by atoms with Crippen LogP contribution in [0.5, 0.6) is 5.75 Å². The SMILES string of the molecule is O=S(=O)(F)c1cccc(OC2CC2)c1. The van der Waals surface area contributed by atoms with Crippen LogP contribution in [-0.2, 0) is 10.2 Å². The zero-order valence-electron chi connectivity index (χ0n) is 7.31. The molecule has 0 bridgehead atoms. The molecule has 1 aliphatic carbocycles. The molecule has 3 nitrogen and oxygen atoms in total. The van der Waals surface area contributed by atoms with Gasteiger partial charge in [0.15, 0.2) is 0 Å². The summed E-state index contributed by atoms with van der Waals surface area (Å²) in [6.07, 6.45) is 2.13. The maximum atomic E-state index is 12.6. The average Bonchev–Trinajstić information content (AvgIpc) is 2.87. The first-order chi connectivity index (χ1) is 6.55. The van der Waals surface area contributed by atoms with E-state index in [0.717, 1.165) is 12.8 Å². The summed E-state index contributed by atoms with van der Waals surface area (Å²) in [6.45, 7) is 0. The Morgan fingerprint density at radius 3 is 2.64 bits per heavy atom. The fourth-order valence-electron chi connectivity index (χ4n) is 1.08. The molecule has 1 aromatic rings. The quantitative estimate of drug-likeness (QED) is 0.724. The molecular formula is C9H9FO3S. The van der Waals surface area contributed by atoms with Crippen LogP contribution >= 0.6 is 0 Å². The van der Waals surface area contributed by atoms with Gasteiger partial charge in [-0.25, -0.2) is 0 Å². The van der Waals surface area contributed by atoms with Gasteiger partial charge in [-0.1, -0.05) is 6.07 Å². The highest BCUT2D eigenvalue weighted by molar-refractivity contribution is 7.86. The molecular weight excluding hydrogens is 207 g/mol. The Labute approximate surface area is 81.7 Å². The number of rotatable bonds is 3. The Morgan fingerprint density at radius 2 is 2.07 bits per heavy atom. The molecule has 5 heteroatoms. The summed E-state index contributed by atoms with van der Waals surface area (Å²) < 4.78 is 39.0. The van der Waals surface area contributed by atoms with Gasteiger partial charge in [0, 0.05) is 6.07 Å². The maximum absolute atomic E-state index is 12.6. The maximum Gasteiger partial charge on any atom is 0.332 e. The van der Waals surface area contributed by atoms with Crippen molar-refractivity contribution in [2.24, 2.45) is 0 Å². The molecule has 2 rings (SSSR count). The number of halogens is 1. The summed E-state index contributed by atoms with van der Waals surface area (Å²) >= 11 is 0. The highest BCUT2D eigenvalue weighted by Gasteiger charge is 2.24. The summed E-state index contributed by atoms with van der Waals surface area (Å²) in [5, 5.41) is 0. The third-order valence-corrected chi connectivity index (χ3v) is 2.73. The van der Waals surface area contributed by atoms with E-state index in [1.54, 1.807) is 6.07 Å². The van der Waals surface area contributed by atoms with E-state index in [9.17, 15) is 12.3 Å². The number of ether oxygens (including phenoxy) is 1. The Morgan fingerprint density at radius 1 is 1.36 bits per heavy atom. The van der Waals surface area contributed by atoms with Crippen LogP contribution < -0.4 is 4.74 Å². The predicted molar refractivity (Wildman–Crippen MR) is 48.4 cm³/mol. The van der Waals surface area contributed by atoms with Gasteiger partial charge in [0.25, 0.3) is 0 Å². The van der Waals surface area contributed by atoms with Crippen molar-refractivity contribution in [2.75, 3.05) is 0 Å². The van der Waals surface area contributed by atoms with Crippen LogP contribution in [-0.4, -0.2) is 14.5 Å². The number of hydrogen-bond acceptors (Lipinski definition) is 3. The van der Waals surface area contributed by atoms with E-state index in [2.05, 4.69) is 0 Å². The van der Waals surface area contributed by atoms with Crippen LogP contribution in [0.15, 0.2) is 29.2 Å². The highest BCUT2D eigenvalue weighted by atomic mass is 32.3. The van der Waals surface area contributed by atoms with Crippen LogP contribution in [0, 0.1) is 0 Å². The first kappa shape index (κ1) is 9.45. The molecule has 0 atom stereocenters. The summed E-state index contributed by atoms with van der Waals surface area (Å²) in [5.74, 6) is 0.409. The Balaban J connectivity index is 2.26. The summed E-state index contributed by atoms with van der Waals surface area (Å²) in [5.41, 5.74) is 0. The van der Waals surface area contributed by atoms with Gasteiger partial charge >= 0.3 is 10.2 Å². The zero-order valence-corrected chi connectivity index (χ0v) is 8.13. The van der Waals surface area contributed by atoms with Gasteiger partial charge < -0.3 is 4.74 Å². The van der Waals surface area contributed by atoms with Crippen LogP contribution in [0.3, 0.4) is 0 Å². The Hall–Kier alpha value is -1.10. The minimum atomic E-state index is -4.62. The molecule has 14 heavy (non-hydrogen) atoms. The molecule has 0 aromatic heterocycles. The van der Waals surface area contributed by atoms with Crippen molar-refractivity contribution in [2.45, 2.75) is 23.8 Å². The molecule has 1 fully saturated rings. The molecule has 76 valence electrons.